The van der Waals surface area contributed by atoms with Gasteiger partial charge >= 0.3 is 12.1 Å². The number of rotatable bonds is 3. The van der Waals surface area contributed by atoms with Crippen molar-refractivity contribution in [3.05, 3.63) is 68.5 Å². The Kier molecular flexibility index (Phi) is 7.30. The molecule has 3 aromatic rings. The van der Waals surface area contributed by atoms with E-state index in [0.29, 0.717) is 11.3 Å². The van der Waals surface area contributed by atoms with Crippen LogP contribution in [0.5, 0.6) is 11.5 Å². The van der Waals surface area contributed by atoms with Crippen molar-refractivity contribution in [3.63, 3.8) is 0 Å². The zero-order valence-electron chi connectivity index (χ0n) is 18.4. The minimum absolute atomic E-state index is 0.112. The second-order valence-electron chi connectivity index (χ2n) is 7.78. The predicted octanol–water partition coefficient (Wildman–Crippen LogP) is 3.97. The van der Waals surface area contributed by atoms with E-state index in [0.717, 1.165) is 17.7 Å². The lowest BCUT2D eigenvalue weighted by molar-refractivity contribution is -0.138. The fourth-order valence-electron chi connectivity index (χ4n) is 3.48. The van der Waals surface area contributed by atoms with E-state index < -0.39 is 47.0 Å². The van der Waals surface area contributed by atoms with Crippen LogP contribution in [0.4, 0.5) is 13.2 Å². The first kappa shape index (κ1) is 25.9. The molecule has 3 N–H and O–H groups in total. The highest BCUT2D eigenvalue weighted by Crippen LogP contribution is 2.39. The maximum atomic E-state index is 12.7. The first-order valence-corrected chi connectivity index (χ1v) is 10.6. The minimum Gasteiger partial charge on any atom is -0.506 e. The maximum Gasteiger partial charge on any atom is 0.416 e. The largest absolute Gasteiger partial charge is 0.506 e. The molecule has 186 valence electrons. The van der Waals surface area contributed by atoms with Gasteiger partial charge in [-0.3, -0.25) is 14.4 Å². The highest BCUT2D eigenvalue weighted by Gasteiger charge is 2.30. The Labute approximate surface area is 201 Å². The van der Waals surface area contributed by atoms with Gasteiger partial charge in [-0.15, -0.1) is 0 Å². The third-order valence-corrected chi connectivity index (χ3v) is 5.38. The van der Waals surface area contributed by atoms with Crippen molar-refractivity contribution in [2.24, 2.45) is 0 Å². The monoisotopic (exact) mass is 512 g/mol. The zero-order chi connectivity index (χ0) is 26.1. The first-order chi connectivity index (χ1) is 16.3. The van der Waals surface area contributed by atoms with E-state index in [2.05, 4.69) is 5.32 Å². The number of ether oxygens (including phenoxy) is 1. The van der Waals surface area contributed by atoms with Crippen LogP contribution in [0.2, 0.25) is 5.02 Å². The number of hydrogen-bond donors (Lipinski definition) is 3. The number of aromatic nitrogens is 1. The molecule has 0 saturated heterocycles. The number of carbonyl (C=O) groups is 2. The summed E-state index contributed by atoms with van der Waals surface area (Å²) in [5, 5.41) is 21.4. The number of hydrogen-bond acceptors (Lipinski definition) is 5. The van der Waals surface area contributed by atoms with Gasteiger partial charge in [-0.05, 0) is 38.1 Å². The van der Waals surface area contributed by atoms with E-state index in [9.17, 15) is 32.7 Å². The number of aromatic hydroxyl groups is 1. The molecule has 12 heteroatoms. The van der Waals surface area contributed by atoms with Gasteiger partial charge in [0.05, 0.1) is 28.0 Å². The number of pyridine rings is 1. The average Bonchev–Trinajstić information content (AvgIpc) is 2.76. The smallest absolute Gasteiger partial charge is 0.416 e. The van der Waals surface area contributed by atoms with Gasteiger partial charge in [0.15, 0.2) is 0 Å². The van der Waals surface area contributed by atoms with E-state index >= 15 is 0 Å². The standard InChI is InChI=1S/C15H13ClN2O6.C8H7F3/c1-6-5-18-12-8(24-6)3-2-7(16)10(12)13(21)11(15(18)23)14(22)17-4-9(19)20;1-6-2-4-7(5-3-6)8(9,10)11/h2-3,6,21H,4-5H2,1H3,(H,17,22)(H,19,20);2-5H,1H3. The number of carboxylic acids is 1. The lowest BCUT2D eigenvalue weighted by Gasteiger charge is -2.26. The SMILES string of the molecule is CC1Cn2c(=O)c(C(=O)NCC(=O)O)c(O)c3c(Cl)ccc(c32)O1.Cc1ccc(C(F)(F)F)cc1. The van der Waals surface area contributed by atoms with Crippen molar-refractivity contribution in [3.8, 4) is 11.5 Å². The molecular weight excluding hydrogens is 493 g/mol. The molecule has 8 nitrogen and oxygen atoms in total. The molecule has 0 bridgehead atoms. The first-order valence-electron chi connectivity index (χ1n) is 10.2. The molecule has 2 aromatic carbocycles. The molecule has 1 aromatic heterocycles. The van der Waals surface area contributed by atoms with Crippen LogP contribution in [0.25, 0.3) is 10.9 Å². The molecule has 1 amide bonds. The lowest BCUT2D eigenvalue weighted by Crippen LogP contribution is -2.39. The zero-order valence-corrected chi connectivity index (χ0v) is 19.2. The van der Waals surface area contributed by atoms with Crippen LogP contribution in [-0.2, 0) is 17.5 Å². The molecule has 0 aliphatic carbocycles. The van der Waals surface area contributed by atoms with Crippen LogP contribution < -0.4 is 15.6 Å². The van der Waals surface area contributed by atoms with Crippen LogP contribution in [0.15, 0.2) is 41.2 Å². The summed E-state index contributed by atoms with van der Waals surface area (Å²) in [5.74, 6) is -2.48. The molecule has 0 fully saturated rings. The minimum atomic E-state index is -4.21. The van der Waals surface area contributed by atoms with Gasteiger partial charge in [-0.1, -0.05) is 29.3 Å². The van der Waals surface area contributed by atoms with Crippen molar-refractivity contribution in [2.45, 2.75) is 32.7 Å². The van der Waals surface area contributed by atoms with Gasteiger partial charge in [0.1, 0.15) is 29.7 Å². The van der Waals surface area contributed by atoms with Gasteiger partial charge in [-0.2, -0.15) is 13.2 Å². The molecule has 2 heterocycles. The predicted molar refractivity (Wildman–Crippen MR) is 121 cm³/mol. The molecule has 1 unspecified atom stereocenters. The van der Waals surface area contributed by atoms with Crippen molar-refractivity contribution in [1.29, 1.82) is 0 Å². The number of aliphatic carboxylic acids is 1. The molecule has 35 heavy (non-hydrogen) atoms. The Morgan fingerprint density at radius 2 is 1.83 bits per heavy atom. The molecule has 4 rings (SSSR count). The van der Waals surface area contributed by atoms with E-state index in [1.54, 1.807) is 19.9 Å². The number of nitrogens with zero attached hydrogens (tertiary/aromatic N) is 1. The number of aryl methyl sites for hydroxylation is 1. The topological polar surface area (TPSA) is 118 Å². The summed E-state index contributed by atoms with van der Waals surface area (Å²) in [6.45, 7) is 3.00. The number of amides is 1. The lowest BCUT2D eigenvalue weighted by atomic mass is 10.1. The van der Waals surface area contributed by atoms with E-state index in [1.807, 2.05) is 0 Å². The van der Waals surface area contributed by atoms with Crippen LogP contribution in [0.1, 0.15) is 28.4 Å². The summed E-state index contributed by atoms with van der Waals surface area (Å²) in [7, 11) is 0. The number of alkyl halides is 3. The molecule has 1 aliphatic rings. The highest BCUT2D eigenvalue weighted by atomic mass is 35.5. The fourth-order valence-corrected chi connectivity index (χ4v) is 3.72. The summed E-state index contributed by atoms with van der Waals surface area (Å²) in [6.07, 6.45) is -4.53. The number of nitrogens with one attached hydrogen (secondary N) is 1. The number of benzene rings is 2. The van der Waals surface area contributed by atoms with Crippen LogP contribution in [0.3, 0.4) is 0 Å². The molecule has 0 radical (unpaired) electrons. The number of carboxylic acid groups (broad SMARTS) is 1. The Hall–Kier alpha value is -3.73. The maximum absolute atomic E-state index is 12.7. The molecule has 1 aliphatic heterocycles. The van der Waals surface area contributed by atoms with Crippen LogP contribution in [0, 0.1) is 6.92 Å². The summed E-state index contributed by atoms with van der Waals surface area (Å²) in [5.41, 5.74) is -0.738. The van der Waals surface area contributed by atoms with Crippen molar-refractivity contribution < 1.29 is 37.7 Å². The summed E-state index contributed by atoms with van der Waals surface area (Å²) in [6, 6.07) is 8.13. The number of halogens is 4. The molecule has 1 atom stereocenters. The molecule has 0 saturated carbocycles. The normalized spacial score (nSPS) is 14.5. The Morgan fingerprint density at radius 1 is 1.20 bits per heavy atom. The summed E-state index contributed by atoms with van der Waals surface area (Å²) >= 11 is 6.12. The Morgan fingerprint density at radius 3 is 2.40 bits per heavy atom. The van der Waals surface area contributed by atoms with Gasteiger partial charge < -0.3 is 24.8 Å². The van der Waals surface area contributed by atoms with Crippen molar-refractivity contribution in [1.82, 2.24) is 9.88 Å². The highest BCUT2D eigenvalue weighted by molar-refractivity contribution is 6.36. The van der Waals surface area contributed by atoms with Crippen molar-refractivity contribution in [2.75, 3.05) is 6.54 Å². The van der Waals surface area contributed by atoms with E-state index in [-0.39, 0.29) is 23.1 Å². The molecular formula is C23H20ClF3N2O6. The van der Waals surface area contributed by atoms with Gasteiger partial charge in [0.25, 0.3) is 11.5 Å². The molecule has 0 spiro atoms. The Bertz CT molecular complexity index is 1350. The second-order valence-corrected chi connectivity index (χ2v) is 8.18. The summed E-state index contributed by atoms with van der Waals surface area (Å²) in [4.78, 5) is 35.4. The van der Waals surface area contributed by atoms with Crippen molar-refractivity contribution >= 4 is 34.4 Å². The van der Waals surface area contributed by atoms with Crippen LogP contribution in [-0.4, -0.2) is 39.3 Å². The average molecular weight is 513 g/mol. The van der Waals surface area contributed by atoms with Gasteiger partial charge in [0, 0.05) is 0 Å². The fraction of sp³-hybridized carbons (Fsp3) is 0.261. The number of carbonyl (C=O) groups excluding carboxylic acids is 1. The third kappa shape index (κ3) is 5.51. The van der Waals surface area contributed by atoms with Gasteiger partial charge in [0.2, 0.25) is 0 Å². The quantitative estimate of drug-likeness (QED) is 0.489. The second kappa shape index (κ2) is 9.87. The van der Waals surface area contributed by atoms with E-state index in [1.165, 1.54) is 22.8 Å². The van der Waals surface area contributed by atoms with Gasteiger partial charge in [-0.25, -0.2) is 0 Å². The third-order valence-electron chi connectivity index (χ3n) is 5.07. The summed E-state index contributed by atoms with van der Waals surface area (Å²) < 4.78 is 42.7. The van der Waals surface area contributed by atoms with Crippen LogP contribution >= 0.6 is 11.6 Å². The Balaban J connectivity index is 0.000000261. The van der Waals surface area contributed by atoms with E-state index in [4.69, 9.17) is 21.4 Å².